The molecule has 21 heavy (non-hydrogen) atoms. The van der Waals surface area contributed by atoms with Crippen LogP contribution in [0.25, 0.3) is 10.1 Å². The van der Waals surface area contributed by atoms with Gasteiger partial charge in [-0.1, -0.05) is 18.9 Å². The van der Waals surface area contributed by atoms with Gasteiger partial charge in [-0.3, -0.25) is 4.79 Å². The minimum absolute atomic E-state index is 0.00893. The van der Waals surface area contributed by atoms with Crippen LogP contribution in [-0.4, -0.2) is 35.1 Å². The molecular weight excluding hydrogens is 289 g/mol. The van der Waals surface area contributed by atoms with Crippen LogP contribution >= 0.6 is 11.3 Å². The molecule has 3 rings (SSSR count). The Morgan fingerprint density at radius 2 is 2.24 bits per heavy atom. The van der Waals surface area contributed by atoms with Gasteiger partial charge >= 0.3 is 0 Å². The molecule has 0 radical (unpaired) electrons. The van der Waals surface area contributed by atoms with Gasteiger partial charge in [0, 0.05) is 16.6 Å². The maximum Gasteiger partial charge on any atom is 0.264 e. The van der Waals surface area contributed by atoms with E-state index in [0.717, 1.165) is 30.4 Å². The summed E-state index contributed by atoms with van der Waals surface area (Å²) >= 11 is 1.32. The van der Waals surface area contributed by atoms with E-state index >= 15 is 0 Å². The Bertz CT molecular complexity index is 655. The molecule has 1 aromatic heterocycles. The normalized spacial score (nSPS) is 19.7. The van der Waals surface area contributed by atoms with E-state index in [9.17, 15) is 14.3 Å². The van der Waals surface area contributed by atoms with Crippen molar-refractivity contribution < 1.29 is 14.3 Å². The number of nitrogens with zero attached hydrogens (tertiary/aromatic N) is 1. The number of likely N-dealkylation sites (tertiary alicyclic amines) is 1. The average Bonchev–Trinajstić information content (AvgIpc) is 2.79. The average molecular weight is 307 g/mol. The first-order valence-electron chi connectivity index (χ1n) is 7.30. The van der Waals surface area contributed by atoms with Crippen molar-refractivity contribution in [3.8, 4) is 0 Å². The molecule has 0 aliphatic carbocycles. The summed E-state index contributed by atoms with van der Waals surface area (Å²) in [6.45, 7) is 0.659. The summed E-state index contributed by atoms with van der Waals surface area (Å²) in [5.41, 5.74) is 0. The summed E-state index contributed by atoms with van der Waals surface area (Å²) in [6, 6.07) is 6.41. The summed E-state index contributed by atoms with van der Waals surface area (Å²) < 4.78 is 14.5. The van der Waals surface area contributed by atoms with Gasteiger partial charge in [0.25, 0.3) is 5.91 Å². The van der Waals surface area contributed by atoms with Crippen molar-refractivity contribution >= 4 is 27.3 Å². The van der Waals surface area contributed by atoms with E-state index in [0.29, 0.717) is 16.8 Å². The maximum absolute atomic E-state index is 13.8. The Hall–Kier alpha value is -1.46. The third kappa shape index (κ3) is 2.80. The second-order valence-electron chi connectivity index (χ2n) is 5.45. The van der Waals surface area contributed by atoms with E-state index in [2.05, 4.69) is 0 Å². The van der Waals surface area contributed by atoms with Crippen LogP contribution in [-0.2, 0) is 0 Å². The van der Waals surface area contributed by atoms with E-state index in [1.54, 1.807) is 17.0 Å². The number of hydrogen-bond acceptors (Lipinski definition) is 3. The van der Waals surface area contributed by atoms with Gasteiger partial charge in [-0.15, -0.1) is 11.3 Å². The zero-order valence-corrected chi connectivity index (χ0v) is 12.5. The molecule has 1 aliphatic heterocycles. The van der Waals surface area contributed by atoms with Crippen LogP contribution in [0.3, 0.4) is 0 Å². The predicted molar refractivity (Wildman–Crippen MR) is 82.2 cm³/mol. The Morgan fingerprint density at radius 1 is 1.38 bits per heavy atom. The Balaban J connectivity index is 1.93. The van der Waals surface area contributed by atoms with Crippen molar-refractivity contribution in [3.05, 3.63) is 35.0 Å². The molecule has 1 amide bonds. The lowest BCUT2D eigenvalue weighted by Gasteiger charge is -2.28. The van der Waals surface area contributed by atoms with Gasteiger partial charge in [0.1, 0.15) is 5.82 Å². The quantitative estimate of drug-likeness (QED) is 0.923. The molecule has 1 aliphatic rings. The molecule has 1 N–H and O–H groups in total. The first-order chi connectivity index (χ1) is 10.2. The van der Waals surface area contributed by atoms with Crippen molar-refractivity contribution in [2.45, 2.75) is 31.7 Å². The Kier molecular flexibility index (Phi) is 4.22. The van der Waals surface area contributed by atoms with E-state index in [4.69, 9.17) is 0 Å². The molecule has 5 heteroatoms. The van der Waals surface area contributed by atoms with Crippen LogP contribution in [0, 0.1) is 5.82 Å². The number of halogens is 1. The number of carbonyl (C=O) groups excluding carboxylic acids is 1. The lowest BCUT2D eigenvalue weighted by Crippen LogP contribution is -2.41. The highest BCUT2D eigenvalue weighted by atomic mass is 32.1. The molecule has 1 aromatic carbocycles. The summed E-state index contributed by atoms with van der Waals surface area (Å²) in [4.78, 5) is 15.0. The lowest BCUT2D eigenvalue weighted by atomic mass is 10.1. The number of fused-ring (bicyclic) bond motifs is 1. The van der Waals surface area contributed by atoms with Crippen LogP contribution in [0.15, 0.2) is 24.3 Å². The number of amides is 1. The molecule has 0 bridgehead atoms. The number of hydrogen-bond donors (Lipinski definition) is 1. The monoisotopic (exact) mass is 307 g/mol. The number of thiophene rings is 1. The molecule has 1 unspecified atom stereocenters. The molecule has 0 saturated carbocycles. The van der Waals surface area contributed by atoms with Crippen LogP contribution in [0.5, 0.6) is 0 Å². The third-order valence-corrected chi connectivity index (χ3v) is 5.16. The van der Waals surface area contributed by atoms with Gasteiger partial charge < -0.3 is 10.0 Å². The fraction of sp³-hybridized carbons (Fsp3) is 0.438. The van der Waals surface area contributed by atoms with Gasteiger partial charge in [0.05, 0.1) is 17.5 Å². The van der Waals surface area contributed by atoms with E-state index in [-0.39, 0.29) is 24.4 Å². The SMILES string of the molecule is O=C(c1cc2c(F)cccc2s1)N1CCCCCC1CO. The Morgan fingerprint density at radius 3 is 3.00 bits per heavy atom. The summed E-state index contributed by atoms with van der Waals surface area (Å²) in [7, 11) is 0. The first-order valence-corrected chi connectivity index (χ1v) is 8.12. The highest BCUT2D eigenvalue weighted by molar-refractivity contribution is 7.20. The van der Waals surface area contributed by atoms with Crippen molar-refractivity contribution in [2.75, 3.05) is 13.2 Å². The molecule has 1 fully saturated rings. The van der Waals surface area contributed by atoms with E-state index < -0.39 is 0 Å². The van der Waals surface area contributed by atoms with Crippen molar-refractivity contribution in [2.24, 2.45) is 0 Å². The van der Waals surface area contributed by atoms with Gasteiger partial charge in [-0.25, -0.2) is 4.39 Å². The van der Waals surface area contributed by atoms with Gasteiger partial charge in [0.2, 0.25) is 0 Å². The number of aliphatic hydroxyl groups is 1. The first kappa shape index (κ1) is 14.5. The second kappa shape index (κ2) is 6.12. The third-order valence-electron chi connectivity index (χ3n) is 4.07. The summed E-state index contributed by atoms with van der Waals surface area (Å²) in [6.07, 6.45) is 3.92. The smallest absolute Gasteiger partial charge is 0.264 e. The molecular formula is C16H18FNO2S. The molecule has 3 nitrogen and oxygen atoms in total. The molecule has 0 spiro atoms. The van der Waals surface area contributed by atoms with Gasteiger partial charge in [0.15, 0.2) is 0 Å². The van der Waals surface area contributed by atoms with Crippen molar-refractivity contribution in [1.82, 2.24) is 4.90 Å². The fourth-order valence-electron chi connectivity index (χ4n) is 2.91. The second-order valence-corrected chi connectivity index (χ2v) is 6.53. The van der Waals surface area contributed by atoms with Crippen LogP contribution in [0.4, 0.5) is 4.39 Å². The largest absolute Gasteiger partial charge is 0.394 e. The number of aliphatic hydroxyl groups excluding tert-OH is 1. The lowest BCUT2D eigenvalue weighted by molar-refractivity contribution is 0.0605. The molecule has 1 atom stereocenters. The van der Waals surface area contributed by atoms with Crippen LogP contribution < -0.4 is 0 Å². The molecule has 1 saturated heterocycles. The number of benzene rings is 1. The highest BCUT2D eigenvalue weighted by Gasteiger charge is 2.27. The molecule has 112 valence electrons. The zero-order chi connectivity index (χ0) is 14.8. The summed E-state index contributed by atoms with van der Waals surface area (Å²) in [5.74, 6) is -0.381. The predicted octanol–water partition coefficient (Wildman–Crippen LogP) is 3.42. The molecule has 2 aromatic rings. The van der Waals surface area contributed by atoms with Crippen LogP contribution in [0.1, 0.15) is 35.4 Å². The number of rotatable bonds is 2. The van der Waals surface area contributed by atoms with Crippen molar-refractivity contribution in [3.63, 3.8) is 0 Å². The van der Waals surface area contributed by atoms with E-state index in [1.165, 1.54) is 17.4 Å². The van der Waals surface area contributed by atoms with E-state index in [1.807, 2.05) is 6.07 Å². The zero-order valence-electron chi connectivity index (χ0n) is 11.7. The summed E-state index contributed by atoms with van der Waals surface area (Å²) in [5, 5.41) is 10.0. The maximum atomic E-state index is 13.8. The van der Waals surface area contributed by atoms with Crippen LogP contribution in [0.2, 0.25) is 0 Å². The minimum atomic E-state index is -0.294. The minimum Gasteiger partial charge on any atom is -0.394 e. The Labute approximate surface area is 127 Å². The fourth-order valence-corrected chi connectivity index (χ4v) is 3.94. The number of carbonyl (C=O) groups is 1. The van der Waals surface area contributed by atoms with Crippen molar-refractivity contribution in [1.29, 1.82) is 0 Å². The van der Waals surface area contributed by atoms with Gasteiger partial charge in [-0.05, 0) is 31.0 Å². The van der Waals surface area contributed by atoms with Gasteiger partial charge in [-0.2, -0.15) is 0 Å². The highest BCUT2D eigenvalue weighted by Crippen LogP contribution is 2.29. The standard InChI is InChI=1S/C16H18FNO2S/c17-13-6-4-7-14-12(13)9-15(21-14)16(20)18-8-3-1-2-5-11(18)10-19/h4,6-7,9,11,19H,1-3,5,8,10H2. The topological polar surface area (TPSA) is 40.5 Å². The molecule has 2 heterocycles.